The van der Waals surface area contributed by atoms with Gasteiger partial charge in [0.2, 0.25) is 5.52 Å². The fourth-order valence-electron chi connectivity index (χ4n) is 1.40. The Bertz CT molecular complexity index is 528. The van der Waals surface area contributed by atoms with E-state index in [1.165, 1.54) is 4.40 Å². The molecule has 0 aliphatic carbocycles. The molecule has 0 aromatic carbocycles. The Morgan fingerprint density at radius 3 is 3.08 bits per heavy atom. The molecule has 0 saturated carbocycles. The number of pyridine rings is 1. The van der Waals surface area contributed by atoms with Crippen molar-refractivity contribution in [2.45, 2.75) is 0 Å². The summed E-state index contributed by atoms with van der Waals surface area (Å²) in [5.41, 5.74) is 0.636. The van der Waals surface area contributed by atoms with Crippen molar-refractivity contribution < 1.29 is 23.5 Å². The summed E-state index contributed by atoms with van der Waals surface area (Å²) in [6, 6.07) is 4.75. The highest BCUT2D eigenvalue weighted by molar-refractivity contribution is 5.88. The van der Waals surface area contributed by atoms with Gasteiger partial charge in [-0.05, 0) is 6.07 Å². The van der Waals surface area contributed by atoms with Crippen LogP contribution in [0.4, 0.5) is 0 Å². The summed E-state index contributed by atoms with van der Waals surface area (Å²) in [4.78, 5) is 11.1. The number of oxazole rings is 1. The molecular weight excluding hydrogens is 174 g/mol. The first-order chi connectivity index (χ1) is 6.27. The van der Waals surface area contributed by atoms with Gasteiger partial charge in [-0.2, -0.15) is 0 Å². The zero-order valence-corrected chi connectivity index (χ0v) is 6.31. The van der Waals surface area contributed by atoms with E-state index in [0.717, 1.165) is 0 Å². The van der Waals surface area contributed by atoms with Gasteiger partial charge < -0.3 is 14.3 Å². The highest BCUT2D eigenvalue weighted by atomic mass is 16.7. The molecule has 2 aromatic heterocycles. The maximum Gasteiger partial charge on any atom is 0.456 e. The van der Waals surface area contributed by atoms with Crippen molar-refractivity contribution in [3.05, 3.63) is 23.9 Å². The van der Waals surface area contributed by atoms with Crippen molar-refractivity contribution in [3.63, 3.8) is 0 Å². The molecule has 1 aliphatic rings. The predicted molar refractivity (Wildman–Crippen MR) is 36.3 cm³/mol. The van der Waals surface area contributed by atoms with Gasteiger partial charge in [0.25, 0.3) is 0 Å². The molecule has 3 heterocycles. The van der Waals surface area contributed by atoms with Gasteiger partial charge in [0, 0.05) is 12.1 Å². The van der Waals surface area contributed by atoms with E-state index in [1.807, 2.05) is 0 Å². The third-order valence-electron chi connectivity index (χ3n) is 1.95. The van der Waals surface area contributed by atoms with Crippen LogP contribution >= 0.6 is 0 Å². The number of rotatable bonds is 0. The quantitative estimate of drug-likeness (QED) is 0.406. The minimum Gasteiger partial charge on any atom is -0.540 e. The third-order valence-corrected chi connectivity index (χ3v) is 1.95. The number of hydrogen-bond acceptors (Lipinski definition) is 4. The summed E-state index contributed by atoms with van der Waals surface area (Å²) in [7, 11) is 0. The van der Waals surface area contributed by atoms with E-state index in [2.05, 4.69) is 0 Å². The zero-order valence-electron chi connectivity index (χ0n) is 6.31. The number of carbonyl (C=O) groups excluding carboxylic acids is 1. The second-order valence-corrected chi connectivity index (χ2v) is 2.68. The highest BCUT2D eigenvalue weighted by Gasteiger charge is 2.35. The van der Waals surface area contributed by atoms with E-state index in [9.17, 15) is 9.90 Å². The first-order valence-corrected chi connectivity index (χ1v) is 3.64. The Hall–Kier alpha value is -2.04. The van der Waals surface area contributed by atoms with Gasteiger partial charge in [-0.25, -0.2) is 4.79 Å². The first kappa shape index (κ1) is 6.47. The van der Waals surface area contributed by atoms with E-state index in [0.29, 0.717) is 11.2 Å². The van der Waals surface area contributed by atoms with Crippen LogP contribution in [0.3, 0.4) is 0 Å². The van der Waals surface area contributed by atoms with Crippen molar-refractivity contribution in [2.24, 2.45) is 0 Å². The molecule has 5 nitrogen and oxygen atoms in total. The average Bonchev–Trinajstić information content (AvgIpc) is 2.59. The molecule has 0 N–H and O–H groups in total. The minimum atomic E-state index is -0.496. The van der Waals surface area contributed by atoms with Gasteiger partial charge in [0.15, 0.2) is 0 Å². The summed E-state index contributed by atoms with van der Waals surface area (Å²) < 4.78 is 10.8. The minimum absolute atomic E-state index is 0.0550. The Morgan fingerprint density at radius 1 is 1.38 bits per heavy atom. The molecule has 0 atom stereocenters. The molecular formula is C8H3NO4. The van der Waals surface area contributed by atoms with Crippen LogP contribution in [-0.2, 0) is 0 Å². The van der Waals surface area contributed by atoms with Gasteiger partial charge in [-0.1, -0.05) is 0 Å². The molecule has 0 fully saturated rings. The van der Waals surface area contributed by atoms with Crippen LogP contribution in [0, 0.1) is 0 Å². The van der Waals surface area contributed by atoms with E-state index in [4.69, 9.17) is 9.15 Å². The Morgan fingerprint density at radius 2 is 2.23 bits per heavy atom. The lowest BCUT2D eigenvalue weighted by molar-refractivity contribution is -0.516. The van der Waals surface area contributed by atoms with E-state index >= 15 is 0 Å². The molecule has 0 unspecified atom stereocenters. The standard InChI is InChI=1S/C8H3NO4/c10-6-4-2-1-3-5-7(11)13-8(12-6)9(4)5/h1-3H. The van der Waals surface area contributed by atoms with Crippen LogP contribution in [0.1, 0.15) is 10.5 Å². The van der Waals surface area contributed by atoms with Gasteiger partial charge in [0.1, 0.15) is 5.95 Å². The molecule has 0 spiro atoms. The second kappa shape index (κ2) is 1.82. The van der Waals surface area contributed by atoms with Gasteiger partial charge in [-0.15, -0.1) is 4.40 Å². The number of esters is 1. The average molecular weight is 177 g/mol. The van der Waals surface area contributed by atoms with E-state index in [1.54, 1.807) is 18.2 Å². The second-order valence-electron chi connectivity index (χ2n) is 2.68. The SMILES string of the molecule is O=C1Oc2oc([O-])c3cccc1[n+]23. The highest BCUT2D eigenvalue weighted by Crippen LogP contribution is 2.24. The molecule has 0 bridgehead atoms. The van der Waals surface area contributed by atoms with Gasteiger partial charge in [0.05, 0.1) is 0 Å². The maximum absolute atomic E-state index is 11.1. The van der Waals surface area contributed by atoms with Crippen LogP contribution in [0.2, 0.25) is 0 Å². The third kappa shape index (κ3) is 0.618. The molecule has 3 rings (SSSR count). The van der Waals surface area contributed by atoms with Crippen molar-refractivity contribution in [1.29, 1.82) is 0 Å². The fourth-order valence-corrected chi connectivity index (χ4v) is 1.40. The zero-order chi connectivity index (χ0) is 9.00. The lowest BCUT2D eigenvalue weighted by Gasteiger charge is -1.89. The number of hydrogen-bond donors (Lipinski definition) is 0. The van der Waals surface area contributed by atoms with E-state index < -0.39 is 11.9 Å². The summed E-state index contributed by atoms with van der Waals surface area (Å²) in [5.74, 6) is -0.992. The molecule has 0 radical (unpaired) electrons. The topological polar surface area (TPSA) is 66.6 Å². The number of aromatic nitrogens is 1. The molecule has 0 saturated heterocycles. The van der Waals surface area contributed by atoms with Crippen molar-refractivity contribution in [1.82, 2.24) is 0 Å². The fraction of sp³-hybridized carbons (Fsp3) is 0. The van der Waals surface area contributed by atoms with Crippen molar-refractivity contribution in [3.8, 4) is 12.0 Å². The molecule has 13 heavy (non-hydrogen) atoms. The van der Waals surface area contributed by atoms with Crippen LogP contribution in [0.5, 0.6) is 12.0 Å². The molecule has 64 valence electrons. The molecule has 0 amide bonds. The normalized spacial score (nSPS) is 13.7. The summed E-state index contributed by atoms with van der Waals surface area (Å²) in [6.45, 7) is 0. The van der Waals surface area contributed by atoms with E-state index in [-0.39, 0.29) is 6.08 Å². The molecule has 2 aromatic rings. The smallest absolute Gasteiger partial charge is 0.456 e. The summed E-state index contributed by atoms with van der Waals surface area (Å²) in [6.07, 6.45) is -0.0550. The van der Waals surface area contributed by atoms with Crippen LogP contribution in [0.15, 0.2) is 22.6 Å². The summed E-state index contributed by atoms with van der Waals surface area (Å²) in [5, 5.41) is 11.1. The number of ether oxygens (including phenoxy) is 1. The summed E-state index contributed by atoms with van der Waals surface area (Å²) >= 11 is 0. The largest absolute Gasteiger partial charge is 0.540 e. The van der Waals surface area contributed by atoms with Crippen molar-refractivity contribution in [2.75, 3.05) is 0 Å². The van der Waals surface area contributed by atoms with Crippen LogP contribution in [0.25, 0.3) is 5.52 Å². The lowest BCUT2D eigenvalue weighted by Crippen LogP contribution is -2.21. The number of carbonyl (C=O) groups is 1. The Labute approximate surface area is 71.8 Å². The Kier molecular flexibility index (Phi) is 0.906. The molecule has 5 heteroatoms. The first-order valence-electron chi connectivity index (χ1n) is 3.64. The lowest BCUT2D eigenvalue weighted by atomic mass is 10.3. The van der Waals surface area contributed by atoms with Gasteiger partial charge in [-0.3, -0.25) is 0 Å². The van der Waals surface area contributed by atoms with Crippen LogP contribution in [-0.4, -0.2) is 5.97 Å². The van der Waals surface area contributed by atoms with Crippen molar-refractivity contribution >= 4 is 11.5 Å². The Balaban J connectivity index is 2.59. The monoisotopic (exact) mass is 177 g/mol. The van der Waals surface area contributed by atoms with Gasteiger partial charge >= 0.3 is 17.7 Å². The predicted octanol–water partition coefficient (Wildman–Crippen LogP) is -0.376. The molecule has 1 aliphatic heterocycles. The number of nitrogens with zero attached hydrogens (tertiary/aromatic N) is 1. The maximum atomic E-state index is 11.1. The van der Waals surface area contributed by atoms with Crippen LogP contribution < -0.4 is 14.2 Å².